The molecule has 0 aliphatic heterocycles. The average Bonchev–Trinajstić information content (AvgIpc) is 2.79. The molecule has 0 fully saturated rings. The second kappa shape index (κ2) is 20.8. The number of hydrogen-bond donors (Lipinski definition) is 3. The zero-order chi connectivity index (χ0) is 26.4. The summed E-state index contributed by atoms with van der Waals surface area (Å²) in [7, 11) is -1.32. The van der Waals surface area contributed by atoms with Gasteiger partial charge in [0.25, 0.3) is 0 Å². The van der Waals surface area contributed by atoms with Crippen LogP contribution in [-0.2, 0) is 9.59 Å². The van der Waals surface area contributed by atoms with E-state index in [0.29, 0.717) is 25.8 Å². The fraction of sp³-hybridized carbons (Fsp3) is 0.793. The summed E-state index contributed by atoms with van der Waals surface area (Å²) in [5.74, 6) is -0.798. The third kappa shape index (κ3) is 21.6. The predicted octanol–water partition coefficient (Wildman–Crippen LogP) is 7.60. The summed E-state index contributed by atoms with van der Waals surface area (Å²) in [4.78, 5) is 23.7. The SMILES string of the molecule is CCCCC/C=C/C/C=C/CCCCCCCC(=O)NCCCC[C@](N)(CC[Si](C)(C)C)C(=O)O. The first-order valence-electron chi connectivity index (χ1n) is 14.2. The molecule has 0 saturated carbocycles. The number of nitrogens with one attached hydrogen (secondary N) is 1. The lowest BCUT2D eigenvalue weighted by molar-refractivity contribution is -0.143. The van der Waals surface area contributed by atoms with Crippen molar-refractivity contribution in [2.45, 2.75) is 141 Å². The number of carboxylic acids is 1. The summed E-state index contributed by atoms with van der Waals surface area (Å²) in [6.45, 7) is 9.54. The number of rotatable bonds is 23. The largest absolute Gasteiger partial charge is 0.480 e. The minimum atomic E-state index is -1.32. The minimum absolute atomic E-state index is 0.103. The maximum atomic E-state index is 12.0. The monoisotopic (exact) mass is 508 g/mol. The fourth-order valence-electron chi connectivity index (χ4n) is 3.92. The lowest BCUT2D eigenvalue weighted by Gasteiger charge is -2.28. The molecule has 1 amide bonds. The number of hydrogen-bond acceptors (Lipinski definition) is 3. The van der Waals surface area contributed by atoms with E-state index in [2.05, 4.69) is 56.2 Å². The lowest BCUT2D eigenvalue weighted by Crippen LogP contribution is -2.49. The maximum Gasteiger partial charge on any atom is 0.323 e. The summed E-state index contributed by atoms with van der Waals surface area (Å²) >= 11 is 0. The molecular weight excluding hydrogens is 452 g/mol. The second-order valence-corrected chi connectivity index (χ2v) is 16.9. The molecule has 4 N–H and O–H groups in total. The van der Waals surface area contributed by atoms with E-state index in [1.54, 1.807) is 0 Å². The zero-order valence-corrected chi connectivity index (χ0v) is 24.4. The maximum absolute atomic E-state index is 12.0. The first kappa shape index (κ1) is 33.6. The molecule has 1 atom stereocenters. The highest BCUT2D eigenvalue weighted by atomic mass is 28.3. The Balaban J connectivity index is 3.67. The van der Waals surface area contributed by atoms with E-state index in [-0.39, 0.29) is 5.91 Å². The molecule has 204 valence electrons. The molecule has 6 heteroatoms. The number of carbonyl (C=O) groups is 2. The Hall–Kier alpha value is -1.40. The van der Waals surface area contributed by atoms with Crippen molar-refractivity contribution in [3.63, 3.8) is 0 Å². The van der Waals surface area contributed by atoms with Crippen LogP contribution in [-0.4, -0.2) is 37.1 Å². The van der Waals surface area contributed by atoms with Gasteiger partial charge in [0.1, 0.15) is 5.54 Å². The molecule has 0 aromatic heterocycles. The molecule has 35 heavy (non-hydrogen) atoms. The van der Waals surface area contributed by atoms with Gasteiger partial charge in [0.2, 0.25) is 5.91 Å². The first-order chi connectivity index (χ1) is 16.6. The molecule has 0 aromatic rings. The second-order valence-electron chi connectivity index (χ2n) is 11.3. The Morgan fingerprint density at radius 1 is 0.829 bits per heavy atom. The molecular formula is C29H56N2O3Si. The molecule has 0 bridgehead atoms. The highest BCUT2D eigenvalue weighted by Gasteiger charge is 2.34. The van der Waals surface area contributed by atoms with E-state index in [9.17, 15) is 14.7 Å². The van der Waals surface area contributed by atoms with Gasteiger partial charge < -0.3 is 16.2 Å². The van der Waals surface area contributed by atoms with E-state index in [4.69, 9.17) is 5.73 Å². The highest BCUT2D eigenvalue weighted by Crippen LogP contribution is 2.23. The van der Waals surface area contributed by atoms with Gasteiger partial charge in [-0.3, -0.25) is 9.59 Å². The predicted molar refractivity (Wildman–Crippen MR) is 154 cm³/mol. The highest BCUT2D eigenvalue weighted by molar-refractivity contribution is 6.76. The summed E-state index contributed by atoms with van der Waals surface area (Å²) in [5.41, 5.74) is 5.06. The van der Waals surface area contributed by atoms with Gasteiger partial charge in [0.05, 0.1) is 0 Å². The van der Waals surface area contributed by atoms with Crippen LogP contribution in [0.15, 0.2) is 24.3 Å². The number of allylic oxidation sites excluding steroid dienone is 4. The van der Waals surface area contributed by atoms with Gasteiger partial charge in [-0.15, -0.1) is 0 Å². The number of nitrogens with two attached hydrogens (primary N) is 1. The third-order valence-electron chi connectivity index (χ3n) is 6.47. The van der Waals surface area contributed by atoms with E-state index >= 15 is 0 Å². The summed E-state index contributed by atoms with van der Waals surface area (Å²) < 4.78 is 0. The topological polar surface area (TPSA) is 92.4 Å². The van der Waals surface area contributed by atoms with Crippen LogP contribution in [0.2, 0.25) is 25.7 Å². The number of amides is 1. The van der Waals surface area contributed by atoms with E-state index in [0.717, 1.165) is 44.6 Å². The molecule has 0 radical (unpaired) electrons. The van der Waals surface area contributed by atoms with Gasteiger partial charge in [0.15, 0.2) is 0 Å². The zero-order valence-electron chi connectivity index (χ0n) is 23.4. The smallest absolute Gasteiger partial charge is 0.323 e. The van der Waals surface area contributed by atoms with E-state index in [1.807, 2.05) is 0 Å². The first-order valence-corrected chi connectivity index (χ1v) is 17.9. The van der Waals surface area contributed by atoms with Crippen LogP contribution in [0.5, 0.6) is 0 Å². The van der Waals surface area contributed by atoms with Crippen molar-refractivity contribution >= 4 is 20.0 Å². The fourth-order valence-corrected chi connectivity index (χ4v) is 5.11. The van der Waals surface area contributed by atoms with Crippen LogP contribution in [0.4, 0.5) is 0 Å². The Labute approximate surface area is 217 Å². The standard InChI is InChI=1S/C29H56N2O3Si/c1-5-6-7-8-9-10-11-12-13-14-15-16-17-18-19-22-27(32)31-25-21-20-23-29(30,28(33)34)24-26-35(2,3)4/h9-10,12-13H,5-8,11,14-26,30H2,1-4H3,(H,31,32)(H,33,34)/b10-9+,13-12+/t29-/m0/s1. The van der Waals surface area contributed by atoms with Crippen molar-refractivity contribution in [3.05, 3.63) is 24.3 Å². The van der Waals surface area contributed by atoms with Crippen LogP contribution in [0, 0.1) is 0 Å². The van der Waals surface area contributed by atoms with Gasteiger partial charge in [-0.2, -0.15) is 0 Å². The van der Waals surface area contributed by atoms with Crippen LogP contribution < -0.4 is 11.1 Å². The van der Waals surface area contributed by atoms with Gasteiger partial charge in [0, 0.05) is 21.0 Å². The number of aliphatic carboxylic acids is 1. The lowest BCUT2D eigenvalue weighted by atomic mass is 9.91. The molecule has 0 aliphatic carbocycles. The number of carbonyl (C=O) groups excluding carboxylic acids is 1. The third-order valence-corrected chi connectivity index (χ3v) is 8.22. The van der Waals surface area contributed by atoms with Gasteiger partial charge in [-0.1, -0.05) is 89.0 Å². The van der Waals surface area contributed by atoms with Crippen LogP contribution in [0.1, 0.15) is 110 Å². The van der Waals surface area contributed by atoms with Crippen molar-refractivity contribution in [1.29, 1.82) is 0 Å². The van der Waals surface area contributed by atoms with Crippen molar-refractivity contribution in [2.24, 2.45) is 5.73 Å². The van der Waals surface area contributed by atoms with Gasteiger partial charge >= 0.3 is 5.97 Å². The normalized spacial score (nSPS) is 14.0. The van der Waals surface area contributed by atoms with Crippen LogP contribution in [0.3, 0.4) is 0 Å². The minimum Gasteiger partial charge on any atom is -0.480 e. The van der Waals surface area contributed by atoms with Crippen LogP contribution >= 0.6 is 0 Å². The summed E-state index contributed by atoms with van der Waals surface area (Å²) in [6.07, 6.45) is 25.2. The van der Waals surface area contributed by atoms with E-state index < -0.39 is 19.6 Å². The molecule has 0 saturated heterocycles. The average molecular weight is 509 g/mol. The van der Waals surface area contributed by atoms with E-state index in [1.165, 1.54) is 44.9 Å². The van der Waals surface area contributed by atoms with Crippen LogP contribution in [0.25, 0.3) is 0 Å². The van der Waals surface area contributed by atoms with Crippen molar-refractivity contribution in [3.8, 4) is 0 Å². The Morgan fingerprint density at radius 3 is 2.03 bits per heavy atom. The molecule has 0 rings (SSSR count). The van der Waals surface area contributed by atoms with Crippen molar-refractivity contribution in [2.75, 3.05) is 6.54 Å². The Morgan fingerprint density at radius 2 is 1.43 bits per heavy atom. The van der Waals surface area contributed by atoms with Crippen molar-refractivity contribution in [1.82, 2.24) is 5.32 Å². The molecule has 0 heterocycles. The molecule has 5 nitrogen and oxygen atoms in total. The van der Waals surface area contributed by atoms with Crippen molar-refractivity contribution < 1.29 is 14.7 Å². The molecule has 0 unspecified atom stereocenters. The molecule has 0 spiro atoms. The number of unbranched alkanes of at least 4 members (excludes halogenated alkanes) is 9. The Bertz CT molecular complexity index is 614. The van der Waals surface area contributed by atoms with Gasteiger partial charge in [-0.05, 0) is 64.2 Å². The molecule has 0 aliphatic rings. The quantitative estimate of drug-likeness (QED) is 0.0752. The summed E-state index contributed by atoms with van der Waals surface area (Å²) in [6, 6.07) is 0.917. The molecule has 0 aromatic carbocycles. The Kier molecular flexibility index (Phi) is 19.9. The number of carboxylic acid groups (broad SMARTS) is 1. The van der Waals surface area contributed by atoms with Gasteiger partial charge in [-0.25, -0.2) is 0 Å². The summed E-state index contributed by atoms with van der Waals surface area (Å²) in [5, 5.41) is 12.5.